The highest BCUT2D eigenvalue weighted by molar-refractivity contribution is 5.90. The highest BCUT2D eigenvalue weighted by atomic mass is 16.7. The molecule has 6 rings (SSSR count). The van der Waals surface area contributed by atoms with Crippen molar-refractivity contribution in [1.82, 2.24) is 0 Å². The van der Waals surface area contributed by atoms with E-state index >= 15 is 0 Å². The molecule has 1 aromatic rings. The first-order valence-electron chi connectivity index (χ1n) is 13.1. The standard InChI is InChI=1S/C29H38O5/c1-19(2)23-3-5-25(6-4-23)28(31)34-26-9-7-24(8-10-26)27(30)33-18-32-17-29-14-20-11-21(15-29)13-22(12-20)16-29/h3-6,20-22,24,26H,1,7-18H2,2H3. The van der Waals surface area contributed by atoms with Crippen LogP contribution in [-0.4, -0.2) is 31.4 Å². The van der Waals surface area contributed by atoms with E-state index in [1.165, 1.54) is 38.5 Å². The largest absolute Gasteiger partial charge is 0.459 e. The van der Waals surface area contributed by atoms with E-state index < -0.39 is 0 Å². The molecular weight excluding hydrogens is 428 g/mol. The van der Waals surface area contributed by atoms with Crippen molar-refractivity contribution in [2.45, 2.75) is 77.2 Å². The van der Waals surface area contributed by atoms with E-state index in [4.69, 9.17) is 14.2 Å². The van der Waals surface area contributed by atoms with E-state index in [2.05, 4.69) is 6.58 Å². The average Bonchev–Trinajstić information content (AvgIpc) is 2.81. The monoisotopic (exact) mass is 466 g/mol. The molecule has 0 N–H and O–H groups in total. The van der Waals surface area contributed by atoms with Crippen LogP contribution in [0.15, 0.2) is 30.8 Å². The first kappa shape index (κ1) is 23.6. The lowest BCUT2D eigenvalue weighted by molar-refractivity contribution is -0.172. The lowest BCUT2D eigenvalue weighted by Gasteiger charge is -2.56. The van der Waals surface area contributed by atoms with Crippen LogP contribution in [0, 0.1) is 29.1 Å². The highest BCUT2D eigenvalue weighted by Crippen LogP contribution is 2.60. The Morgan fingerprint density at radius 2 is 1.47 bits per heavy atom. The number of carbonyl (C=O) groups is 2. The molecule has 5 aliphatic carbocycles. The maximum atomic E-state index is 12.5. The van der Waals surface area contributed by atoms with Crippen molar-refractivity contribution in [3.63, 3.8) is 0 Å². The summed E-state index contributed by atoms with van der Waals surface area (Å²) in [5, 5.41) is 0. The van der Waals surface area contributed by atoms with Crippen LogP contribution in [0.3, 0.4) is 0 Å². The minimum absolute atomic E-state index is 0.0652. The number of hydrogen-bond acceptors (Lipinski definition) is 5. The molecule has 184 valence electrons. The second-order valence-corrected chi connectivity index (χ2v) is 11.6. The number of allylic oxidation sites excluding steroid dienone is 1. The van der Waals surface area contributed by atoms with Gasteiger partial charge in [-0.25, -0.2) is 4.79 Å². The Labute approximate surface area is 203 Å². The third kappa shape index (κ3) is 5.25. The summed E-state index contributed by atoms with van der Waals surface area (Å²) in [6, 6.07) is 7.33. The molecule has 5 saturated carbocycles. The Balaban J connectivity index is 1.00. The Morgan fingerprint density at radius 3 is 2.03 bits per heavy atom. The smallest absolute Gasteiger partial charge is 0.338 e. The molecule has 5 fully saturated rings. The van der Waals surface area contributed by atoms with Crippen molar-refractivity contribution in [3.8, 4) is 0 Å². The summed E-state index contributed by atoms with van der Waals surface area (Å²) in [4.78, 5) is 25.0. The molecule has 0 heterocycles. The summed E-state index contributed by atoms with van der Waals surface area (Å²) in [6.45, 7) is 6.65. The Kier molecular flexibility index (Phi) is 6.83. The molecule has 0 saturated heterocycles. The lowest BCUT2D eigenvalue weighted by Crippen LogP contribution is -2.48. The van der Waals surface area contributed by atoms with Gasteiger partial charge in [-0.2, -0.15) is 0 Å². The molecule has 4 bridgehead atoms. The molecular formula is C29H38O5. The summed E-state index contributed by atoms with van der Waals surface area (Å²) in [7, 11) is 0. The van der Waals surface area contributed by atoms with Crippen LogP contribution in [0.1, 0.15) is 87.1 Å². The molecule has 0 unspecified atom stereocenters. The van der Waals surface area contributed by atoms with E-state index in [0.717, 1.165) is 35.5 Å². The quantitative estimate of drug-likeness (QED) is 0.260. The fraction of sp³-hybridized carbons (Fsp3) is 0.655. The van der Waals surface area contributed by atoms with Crippen LogP contribution in [0.2, 0.25) is 0 Å². The van der Waals surface area contributed by atoms with E-state index in [9.17, 15) is 9.59 Å². The van der Waals surface area contributed by atoms with Crippen molar-refractivity contribution >= 4 is 17.5 Å². The summed E-state index contributed by atoms with van der Waals surface area (Å²) < 4.78 is 17.1. The van der Waals surface area contributed by atoms with Gasteiger partial charge in [0, 0.05) is 0 Å². The molecule has 0 amide bonds. The van der Waals surface area contributed by atoms with Crippen molar-refractivity contribution < 1.29 is 23.8 Å². The van der Waals surface area contributed by atoms with E-state index in [1.807, 2.05) is 19.1 Å². The molecule has 0 radical (unpaired) electrons. The molecule has 5 aliphatic rings. The van der Waals surface area contributed by atoms with E-state index in [1.54, 1.807) is 12.1 Å². The minimum Gasteiger partial charge on any atom is -0.459 e. The number of rotatable bonds is 8. The zero-order valence-electron chi connectivity index (χ0n) is 20.4. The molecule has 0 aromatic heterocycles. The Hall–Kier alpha value is -2.14. The van der Waals surface area contributed by atoms with Crippen molar-refractivity contribution in [1.29, 1.82) is 0 Å². The van der Waals surface area contributed by atoms with Crippen LogP contribution < -0.4 is 0 Å². The highest BCUT2D eigenvalue weighted by Gasteiger charge is 2.50. The predicted molar refractivity (Wildman–Crippen MR) is 130 cm³/mol. The molecule has 0 spiro atoms. The third-order valence-electron chi connectivity index (χ3n) is 8.75. The van der Waals surface area contributed by atoms with Gasteiger partial charge in [-0.1, -0.05) is 24.3 Å². The van der Waals surface area contributed by atoms with Crippen LogP contribution in [-0.2, 0) is 19.0 Å². The van der Waals surface area contributed by atoms with Gasteiger partial charge in [-0.05, 0) is 112 Å². The molecule has 0 aliphatic heterocycles. The van der Waals surface area contributed by atoms with Crippen LogP contribution in [0.4, 0.5) is 0 Å². The molecule has 34 heavy (non-hydrogen) atoms. The van der Waals surface area contributed by atoms with Gasteiger partial charge in [0.2, 0.25) is 0 Å². The normalized spacial score (nSPS) is 34.0. The third-order valence-corrected chi connectivity index (χ3v) is 8.75. The average molecular weight is 467 g/mol. The molecule has 5 heteroatoms. The Morgan fingerprint density at radius 1 is 0.912 bits per heavy atom. The van der Waals surface area contributed by atoms with Gasteiger partial charge in [-0.3, -0.25) is 4.79 Å². The van der Waals surface area contributed by atoms with Crippen LogP contribution in [0.25, 0.3) is 5.57 Å². The number of hydrogen-bond donors (Lipinski definition) is 0. The van der Waals surface area contributed by atoms with Crippen LogP contribution in [0.5, 0.6) is 0 Å². The fourth-order valence-corrected chi connectivity index (χ4v) is 7.47. The summed E-state index contributed by atoms with van der Waals surface area (Å²) >= 11 is 0. The first-order valence-corrected chi connectivity index (χ1v) is 13.1. The second-order valence-electron chi connectivity index (χ2n) is 11.6. The summed E-state index contributed by atoms with van der Waals surface area (Å²) in [5.41, 5.74) is 2.86. The summed E-state index contributed by atoms with van der Waals surface area (Å²) in [6.07, 6.45) is 10.8. The molecule has 1 aromatic carbocycles. The molecule has 5 nitrogen and oxygen atoms in total. The van der Waals surface area contributed by atoms with Crippen molar-refractivity contribution in [3.05, 3.63) is 42.0 Å². The first-order chi connectivity index (χ1) is 16.4. The number of esters is 2. The molecule has 0 atom stereocenters. The number of carbonyl (C=O) groups excluding carboxylic acids is 2. The zero-order chi connectivity index (χ0) is 23.7. The lowest BCUT2D eigenvalue weighted by atomic mass is 9.50. The predicted octanol–water partition coefficient (Wildman–Crippen LogP) is 6.17. The topological polar surface area (TPSA) is 61.8 Å². The summed E-state index contributed by atoms with van der Waals surface area (Å²) in [5.74, 6) is 2.09. The van der Waals surface area contributed by atoms with Crippen LogP contribution >= 0.6 is 0 Å². The van der Waals surface area contributed by atoms with Crippen molar-refractivity contribution in [2.75, 3.05) is 13.4 Å². The van der Waals surface area contributed by atoms with Gasteiger partial charge in [-0.15, -0.1) is 0 Å². The second kappa shape index (κ2) is 9.85. The van der Waals surface area contributed by atoms with E-state index in [0.29, 0.717) is 36.7 Å². The van der Waals surface area contributed by atoms with Gasteiger partial charge in [0.05, 0.1) is 18.1 Å². The Bertz CT molecular complexity index is 874. The van der Waals surface area contributed by atoms with Gasteiger partial charge in [0.1, 0.15) is 6.10 Å². The fourth-order valence-electron chi connectivity index (χ4n) is 7.47. The van der Waals surface area contributed by atoms with E-state index in [-0.39, 0.29) is 30.8 Å². The van der Waals surface area contributed by atoms with Gasteiger partial charge >= 0.3 is 11.9 Å². The minimum atomic E-state index is -0.308. The van der Waals surface area contributed by atoms with Gasteiger partial charge in [0.15, 0.2) is 6.79 Å². The van der Waals surface area contributed by atoms with Crippen molar-refractivity contribution in [2.24, 2.45) is 29.1 Å². The van der Waals surface area contributed by atoms with Gasteiger partial charge in [0.25, 0.3) is 0 Å². The SMILES string of the molecule is C=C(C)c1ccc(C(=O)OC2CCC(C(=O)OCOCC34CC5CC(CC(C5)C3)C4)CC2)cc1. The number of ether oxygens (including phenoxy) is 3. The maximum absolute atomic E-state index is 12.5. The van der Waals surface area contributed by atoms with Gasteiger partial charge < -0.3 is 14.2 Å². The zero-order valence-corrected chi connectivity index (χ0v) is 20.4. The number of benzene rings is 1. The maximum Gasteiger partial charge on any atom is 0.338 e.